The quantitative estimate of drug-likeness (QED) is 0.714. The molecule has 0 atom stereocenters. The molecule has 2 nitrogen and oxygen atoms in total. The Morgan fingerprint density at radius 2 is 1.30 bits per heavy atom. The smallest absolute Gasteiger partial charge is 0.0414 e. The van der Waals surface area contributed by atoms with Crippen LogP contribution in [0, 0.1) is 6.92 Å². The fourth-order valence-corrected chi connectivity index (χ4v) is 3.89. The van der Waals surface area contributed by atoms with Crippen molar-refractivity contribution in [2.75, 3.05) is 11.5 Å². The van der Waals surface area contributed by atoms with Crippen LogP contribution < -0.4 is 11.5 Å². The summed E-state index contributed by atoms with van der Waals surface area (Å²) in [5, 5.41) is 0. The molecule has 0 saturated carbocycles. The molecule has 0 bridgehead atoms. The highest BCUT2D eigenvalue weighted by Crippen LogP contribution is 2.48. The summed E-state index contributed by atoms with van der Waals surface area (Å²) in [5.74, 6) is 0. The van der Waals surface area contributed by atoms with E-state index in [9.17, 15) is 0 Å². The Labute approximate surface area is 139 Å². The second kappa shape index (κ2) is 5.02. The number of rotatable bonds is 1. The standard InChI is InChI=1S/C21H28N2/c1-13-11-15-16(21(4,5)10-9-20(15,2)3)12-14(13)19-17(22)7-6-8-18(19)23/h6-8,11-12H,9-10,22-23H2,1-5H3. The van der Waals surface area contributed by atoms with E-state index in [0.717, 1.165) is 16.9 Å². The van der Waals surface area contributed by atoms with Crippen LogP contribution in [0.4, 0.5) is 11.4 Å². The molecule has 23 heavy (non-hydrogen) atoms. The molecule has 2 aromatic rings. The molecule has 0 aromatic heterocycles. The molecule has 1 aliphatic carbocycles. The van der Waals surface area contributed by atoms with Crippen LogP contribution in [-0.2, 0) is 10.8 Å². The normalized spacial score (nSPS) is 18.5. The highest BCUT2D eigenvalue weighted by molar-refractivity contribution is 5.88. The van der Waals surface area contributed by atoms with Crippen molar-refractivity contribution in [3.8, 4) is 11.1 Å². The Hall–Kier alpha value is -1.96. The van der Waals surface area contributed by atoms with Crippen molar-refractivity contribution >= 4 is 11.4 Å². The molecule has 1 aliphatic rings. The van der Waals surface area contributed by atoms with Gasteiger partial charge in [0, 0.05) is 16.9 Å². The van der Waals surface area contributed by atoms with Crippen molar-refractivity contribution in [2.45, 2.75) is 58.3 Å². The predicted octanol–water partition coefficient (Wildman–Crippen LogP) is 5.18. The zero-order valence-corrected chi connectivity index (χ0v) is 15.0. The van der Waals surface area contributed by atoms with Gasteiger partial charge in [-0.2, -0.15) is 0 Å². The summed E-state index contributed by atoms with van der Waals surface area (Å²) < 4.78 is 0. The van der Waals surface area contributed by atoms with E-state index < -0.39 is 0 Å². The number of benzene rings is 2. The molecule has 0 heterocycles. The van der Waals surface area contributed by atoms with Crippen molar-refractivity contribution < 1.29 is 0 Å². The minimum absolute atomic E-state index is 0.186. The summed E-state index contributed by atoms with van der Waals surface area (Å²) in [6.07, 6.45) is 2.43. The van der Waals surface area contributed by atoms with Gasteiger partial charge in [0.25, 0.3) is 0 Å². The second-order valence-corrected chi connectivity index (χ2v) is 8.29. The molecule has 2 aromatic carbocycles. The largest absolute Gasteiger partial charge is 0.398 e. The Bertz CT molecular complexity index is 749. The fourth-order valence-electron chi connectivity index (χ4n) is 3.89. The third-order valence-corrected chi connectivity index (χ3v) is 5.60. The van der Waals surface area contributed by atoms with E-state index in [1.54, 1.807) is 0 Å². The van der Waals surface area contributed by atoms with Crippen LogP contribution in [0.2, 0.25) is 0 Å². The van der Waals surface area contributed by atoms with Crippen molar-refractivity contribution in [2.24, 2.45) is 0 Å². The van der Waals surface area contributed by atoms with Gasteiger partial charge in [-0.15, -0.1) is 0 Å². The summed E-state index contributed by atoms with van der Waals surface area (Å²) in [4.78, 5) is 0. The first-order valence-corrected chi connectivity index (χ1v) is 8.43. The Kier molecular flexibility index (Phi) is 3.47. The Morgan fingerprint density at radius 1 is 0.826 bits per heavy atom. The van der Waals surface area contributed by atoms with E-state index in [4.69, 9.17) is 11.5 Å². The predicted molar refractivity (Wildman–Crippen MR) is 101 cm³/mol. The molecule has 122 valence electrons. The Morgan fingerprint density at radius 3 is 1.83 bits per heavy atom. The Balaban J connectivity index is 2.31. The summed E-state index contributed by atoms with van der Waals surface area (Å²) in [6.45, 7) is 11.6. The first-order chi connectivity index (χ1) is 10.6. The van der Waals surface area contributed by atoms with Gasteiger partial charge in [0.1, 0.15) is 0 Å². The van der Waals surface area contributed by atoms with Crippen LogP contribution in [0.5, 0.6) is 0 Å². The lowest BCUT2D eigenvalue weighted by Gasteiger charge is -2.42. The van der Waals surface area contributed by atoms with Crippen LogP contribution in [0.3, 0.4) is 0 Å². The van der Waals surface area contributed by atoms with Crippen LogP contribution in [-0.4, -0.2) is 0 Å². The van der Waals surface area contributed by atoms with Gasteiger partial charge in [0.2, 0.25) is 0 Å². The second-order valence-electron chi connectivity index (χ2n) is 8.29. The third kappa shape index (κ3) is 2.50. The van der Waals surface area contributed by atoms with E-state index in [-0.39, 0.29) is 10.8 Å². The number of anilines is 2. The lowest BCUT2D eigenvalue weighted by Crippen LogP contribution is -2.34. The summed E-state index contributed by atoms with van der Waals surface area (Å²) in [7, 11) is 0. The van der Waals surface area contributed by atoms with Crippen molar-refractivity contribution in [3.05, 3.63) is 47.0 Å². The highest BCUT2D eigenvalue weighted by atomic mass is 14.6. The first-order valence-electron chi connectivity index (χ1n) is 8.43. The van der Waals surface area contributed by atoms with E-state index in [1.807, 2.05) is 18.2 Å². The van der Waals surface area contributed by atoms with E-state index in [0.29, 0.717) is 0 Å². The van der Waals surface area contributed by atoms with Crippen LogP contribution in [0.25, 0.3) is 11.1 Å². The van der Waals surface area contributed by atoms with E-state index in [2.05, 4.69) is 46.8 Å². The van der Waals surface area contributed by atoms with Crippen molar-refractivity contribution in [1.82, 2.24) is 0 Å². The number of hydrogen-bond donors (Lipinski definition) is 2. The molecule has 0 spiro atoms. The molecular weight excluding hydrogens is 280 g/mol. The average Bonchev–Trinajstić information content (AvgIpc) is 2.45. The van der Waals surface area contributed by atoms with E-state index >= 15 is 0 Å². The molecule has 0 aliphatic heterocycles. The SMILES string of the molecule is Cc1cc2c(cc1-c1c(N)cccc1N)C(C)(C)CCC2(C)C. The number of nitrogens with two attached hydrogens (primary N) is 2. The van der Waals surface area contributed by atoms with Gasteiger partial charge in [-0.1, -0.05) is 39.8 Å². The average molecular weight is 308 g/mol. The fraction of sp³-hybridized carbons (Fsp3) is 0.429. The molecule has 0 saturated heterocycles. The monoisotopic (exact) mass is 308 g/mol. The van der Waals surface area contributed by atoms with Crippen molar-refractivity contribution in [3.63, 3.8) is 0 Å². The van der Waals surface area contributed by atoms with Crippen LogP contribution in [0.1, 0.15) is 57.2 Å². The lowest BCUT2D eigenvalue weighted by molar-refractivity contribution is 0.332. The van der Waals surface area contributed by atoms with Gasteiger partial charge < -0.3 is 11.5 Å². The van der Waals surface area contributed by atoms with Crippen LogP contribution >= 0.6 is 0 Å². The number of nitrogen functional groups attached to an aromatic ring is 2. The maximum Gasteiger partial charge on any atom is 0.0414 e. The molecule has 0 fully saturated rings. The van der Waals surface area contributed by atoms with Gasteiger partial charge in [-0.05, 0) is 71.0 Å². The van der Waals surface area contributed by atoms with Crippen LogP contribution in [0.15, 0.2) is 30.3 Å². The van der Waals surface area contributed by atoms with Gasteiger partial charge >= 0.3 is 0 Å². The lowest BCUT2D eigenvalue weighted by atomic mass is 9.62. The third-order valence-electron chi connectivity index (χ3n) is 5.60. The van der Waals surface area contributed by atoms with Gasteiger partial charge in [-0.3, -0.25) is 0 Å². The van der Waals surface area contributed by atoms with Gasteiger partial charge in [0.05, 0.1) is 0 Å². The molecular formula is C21H28N2. The maximum atomic E-state index is 6.24. The van der Waals surface area contributed by atoms with Gasteiger partial charge in [0.15, 0.2) is 0 Å². The minimum Gasteiger partial charge on any atom is -0.398 e. The molecule has 0 unspecified atom stereocenters. The summed E-state index contributed by atoms with van der Waals surface area (Å²) in [5.41, 5.74) is 20.7. The molecule has 4 N–H and O–H groups in total. The zero-order chi connectivity index (χ0) is 17.0. The highest BCUT2D eigenvalue weighted by Gasteiger charge is 2.37. The topological polar surface area (TPSA) is 52.0 Å². The summed E-state index contributed by atoms with van der Waals surface area (Å²) in [6, 6.07) is 10.5. The van der Waals surface area contributed by atoms with Gasteiger partial charge in [-0.25, -0.2) is 0 Å². The molecule has 3 rings (SSSR count). The summed E-state index contributed by atoms with van der Waals surface area (Å²) >= 11 is 0. The molecule has 0 amide bonds. The number of hydrogen-bond acceptors (Lipinski definition) is 2. The first kappa shape index (κ1) is 15.9. The molecule has 0 radical (unpaired) electrons. The molecule has 2 heteroatoms. The number of fused-ring (bicyclic) bond motifs is 1. The van der Waals surface area contributed by atoms with Crippen molar-refractivity contribution in [1.29, 1.82) is 0 Å². The van der Waals surface area contributed by atoms with E-state index in [1.165, 1.54) is 35.1 Å². The number of aryl methyl sites for hydroxylation is 1. The minimum atomic E-state index is 0.186. The maximum absolute atomic E-state index is 6.24. The zero-order valence-electron chi connectivity index (χ0n) is 15.0.